The standard InChI is InChI=1S/C19H19ClN4O2/c1-13-21-7-6-18(23-13)24-8-9-25-17(12-24)19-22-11-15(26-19)10-14-4-2-3-5-16(14)20/h2-7,11,17H,8-10,12H2,1H3/t17-/m0/s1. The summed E-state index contributed by atoms with van der Waals surface area (Å²) in [7, 11) is 0. The Labute approximate surface area is 156 Å². The minimum atomic E-state index is -0.223. The second-order valence-electron chi connectivity index (χ2n) is 6.20. The van der Waals surface area contributed by atoms with Crippen molar-refractivity contribution in [1.29, 1.82) is 0 Å². The lowest BCUT2D eigenvalue weighted by Gasteiger charge is -2.32. The Balaban J connectivity index is 1.48. The molecule has 0 spiro atoms. The van der Waals surface area contributed by atoms with E-state index in [-0.39, 0.29) is 6.10 Å². The molecule has 6 nitrogen and oxygen atoms in total. The lowest BCUT2D eigenvalue weighted by atomic mass is 10.1. The number of hydrogen-bond donors (Lipinski definition) is 0. The normalized spacial score (nSPS) is 17.5. The first-order valence-corrected chi connectivity index (χ1v) is 8.91. The third-order valence-corrected chi connectivity index (χ3v) is 4.69. The first kappa shape index (κ1) is 17.0. The number of nitrogens with zero attached hydrogens (tertiary/aromatic N) is 4. The number of aryl methyl sites for hydroxylation is 1. The molecule has 0 radical (unpaired) electrons. The van der Waals surface area contributed by atoms with Gasteiger partial charge in [-0.3, -0.25) is 0 Å². The molecule has 0 aliphatic carbocycles. The van der Waals surface area contributed by atoms with E-state index >= 15 is 0 Å². The van der Waals surface area contributed by atoms with Crippen LogP contribution in [0.25, 0.3) is 0 Å². The summed E-state index contributed by atoms with van der Waals surface area (Å²) >= 11 is 6.22. The molecular formula is C19H19ClN4O2. The fourth-order valence-corrected chi connectivity index (χ4v) is 3.21. The molecule has 7 heteroatoms. The third-order valence-electron chi connectivity index (χ3n) is 4.32. The number of benzene rings is 1. The van der Waals surface area contributed by atoms with Crippen LogP contribution in [0.4, 0.5) is 5.82 Å². The molecule has 1 aromatic carbocycles. The molecule has 0 N–H and O–H groups in total. The maximum absolute atomic E-state index is 6.22. The molecule has 0 unspecified atom stereocenters. The smallest absolute Gasteiger partial charge is 0.225 e. The number of oxazole rings is 1. The van der Waals surface area contributed by atoms with Gasteiger partial charge in [-0.05, 0) is 24.6 Å². The van der Waals surface area contributed by atoms with E-state index < -0.39 is 0 Å². The van der Waals surface area contributed by atoms with Gasteiger partial charge in [-0.2, -0.15) is 0 Å². The molecule has 4 rings (SSSR count). The maximum atomic E-state index is 6.22. The van der Waals surface area contributed by atoms with Crippen molar-refractivity contribution in [2.75, 3.05) is 24.6 Å². The number of hydrogen-bond acceptors (Lipinski definition) is 6. The van der Waals surface area contributed by atoms with Gasteiger partial charge in [-0.25, -0.2) is 15.0 Å². The molecule has 134 valence electrons. The zero-order valence-corrected chi connectivity index (χ0v) is 15.2. The monoisotopic (exact) mass is 370 g/mol. The summed E-state index contributed by atoms with van der Waals surface area (Å²) < 4.78 is 11.8. The minimum Gasteiger partial charge on any atom is -0.442 e. The number of anilines is 1. The average Bonchev–Trinajstić information content (AvgIpc) is 3.12. The number of rotatable bonds is 4. The fraction of sp³-hybridized carbons (Fsp3) is 0.316. The third kappa shape index (κ3) is 3.71. The van der Waals surface area contributed by atoms with Gasteiger partial charge in [0.15, 0.2) is 6.10 Å². The predicted molar refractivity (Wildman–Crippen MR) is 98.4 cm³/mol. The van der Waals surface area contributed by atoms with Crippen LogP contribution in [0.3, 0.4) is 0 Å². The SMILES string of the molecule is Cc1nccc(N2CCO[C@H](c3ncc(Cc4ccccc4Cl)o3)C2)n1. The second-order valence-corrected chi connectivity index (χ2v) is 6.61. The number of morpholine rings is 1. The summed E-state index contributed by atoms with van der Waals surface area (Å²) in [4.78, 5) is 15.2. The molecular weight excluding hydrogens is 352 g/mol. The Bertz CT molecular complexity index is 899. The van der Waals surface area contributed by atoms with Crippen LogP contribution in [0, 0.1) is 6.92 Å². The summed E-state index contributed by atoms with van der Waals surface area (Å²) in [6, 6.07) is 9.65. The molecule has 0 bridgehead atoms. The molecule has 1 aliphatic heterocycles. The minimum absolute atomic E-state index is 0.223. The summed E-state index contributed by atoms with van der Waals surface area (Å²) in [6.45, 7) is 3.90. The molecule has 3 aromatic rings. The summed E-state index contributed by atoms with van der Waals surface area (Å²) in [5.41, 5.74) is 1.01. The zero-order valence-electron chi connectivity index (χ0n) is 14.4. The van der Waals surface area contributed by atoms with Crippen molar-refractivity contribution in [3.63, 3.8) is 0 Å². The molecule has 0 amide bonds. The van der Waals surface area contributed by atoms with Crippen molar-refractivity contribution >= 4 is 17.4 Å². The van der Waals surface area contributed by atoms with Gasteiger partial charge in [-0.1, -0.05) is 29.8 Å². The molecule has 2 aromatic heterocycles. The van der Waals surface area contributed by atoms with E-state index in [0.717, 1.165) is 34.5 Å². The number of aromatic nitrogens is 3. The second kappa shape index (κ2) is 7.43. The quantitative estimate of drug-likeness (QED) is 0.699. The Hall–Kier alpha value is -2.44. The van der Waals surface area contributed by atoms with Crippen molar-refractivity contribution in [2.45, 2.75) is 19.4 Å². The van der Waals surface area contributed by atoms with E-state index in [1.165, 1.54) is 0 Å². The van der Waals surface area contributed by atoms with Crippen molar-refractivity contribution in [1.82, 2.24) is 15.0 Å². The molecule has 0 saturated carbocycles. The van der Waals surface area contributed by atoms with Gasteiger partial charge in [-0.15, -0.1) is 0 Å². The Kier molecular flexibility index (Phi) is 4.86. The Morgan fingerprint density at radius 1 is 1.23 bits per heavy atom. The molecule has 26 heavy (non-hydrogen) atoms. The van der Waals surface area contributed by atoms with Gasteiger partial charge in [0.2, 0.25) is 5.89 Å². The van der Waals surface area contributed by atoms with Gasteiger partial charge in [0.25, 0.3) is 0 Å². The summed E-state index contributed by atoms with van der Waals surface area (Å²) in [6.07, 6.45) is 3.90. The molecule has 1 fully saturated rings. The van der Waals surface area contributed by atoms with Gasteiger partial charge in [0.05, 0.1) is 19.3 Å². The topological polar surface area (TPSA) is 64.3 Å². The van der Waals surface area contributed by atoms with Crippen LogP contribution < -0.4 is 4.90 Å². The van der Waals surface area contributed by atoms with Crippen molar-refractivity contribution in [3.8, 4) is 0 Å². The lowest BCUT2D eigenvalue weighted by Crippen LogP contribution is -2.39. The molecule has 3 heterocycles. The maximum Gasteiger partial charge on any atom is 0.225 e. The van der Waals surface area contributed by atoms with Crippen LogP contribution in [-0.4, -0.2) is 34.6 Å². The number of ether oxygens (including phenoxy) is 1. The van der Waals surface area contributed by atoms with E-state index in [2.05, 4.69) is 19.9 Å². The summed E-state index contributed by atoms with van der Waals surface area (Å²) in [5, 5.41) is 0.727. The average molecular weight is 371 g/mol. The first-order valence-electron chi connectivity index (χ1n) is 8.53. The van der Waals surface area contributed by atoms with E-state index in [1.54, 1.807) is 12.4 Å². The van der Waals surface area contributed by atoms with Gasteiger partial charge < -0.3 is 14.1 Å². The molecule has 1 aliphatic rings. The van der Waals surface area contributed by atoms with Gasteiger partial charge in [0, 0.05) is 24.2 Å². The van der Waals surface area contributed by atoms with Crippen LogP contribution >= 0.6 is 11.6 Å². The Morgan fingerprint density at radius 2 is 2.12 bits per heavy atom. The summed E-state index contributed by atoms with van der Waals surface area (Å²) in [5.74, 6) is 3.01. The lowest BCUT2D eigenvalue weighted by molar-refractivity contribution is 0.0214. The van der Waals surface area contributed by atoms with Gasteiger partial charge >= 0.3 is 0 Å². The van der Waals surface area contributed by atoms with Crippen molar-refractivity contribution < 1.29 is 9.15 Å². The Morgan fingerprint density at radius 3 is 2.96 bits per heavy atom. The van der Waals surface area contributed by atoms with Crippen LogP contribution in [0.15, 0.2) is 47.1 Å². The first-order chi connectivity index (χ1) is 12.7. The molecule has 1 saturated heterocycles. The van der Waals surface area contributed by atoms with Crippen LogP contribution in [-0.2, 0) is 11.2 Å². The van der Waals surface area contributed by atoms with Crippen LogP contribution in [0.5, 0.6) is 0 Å². The number of halogens is 1. The van der Waals surface area contributed by atoms with E-state index in [9.17, 15) is 0 Å². The van der Waals surface area contributed by atoms with Gasteiger partial charge in [0.1, 0.15) is 17.4 Å². The van der Waals surface area contributed by atoms with E-state index in [1.807, 2.05) is 37.3 Å². The highest BCUT2D eigenvalue weighted by Crippen LogP contribution is 2.26. The molecule has 1 atom stereocenters. The van der Waals surface area contributed by atoms with Crippen LogP contribution in [0.1, 0.15) is 29.1 Å². The zero-order chi connectivity index (χ0) is 17.9. The van der Waals surface area contributed by atoms with Crippen molar-refractivity contribution in [2.24, 2.45) is 0 Å². The highest BCUT2D eigenvalue weighted by Gasteiger charge is 2.27. The largest absolute Gasteiger partial charge is 0.442 e. The van der Waals surface area contributed by atoms with Crippen molar-refractivity contribution in [3.05, 3.63) is 70.8 Å². The predicted octanol–water partition coefficient (Wildman–Crippen LogP) is 3.60. The fourth-order valence-electron chi connectivity index (χ4n) is 3.01. The van der Waals surface area contributed by atoms with Crippen LogP contribution in [0.2, 0.25) is 5.02 Å². The highest BCUT2D eigenvalue weighted by molar-refractivity contribution is 6.31. The highest BCUT2D eigenvalue weighted by atomic mass is 35.5. The van der Waals surface area contributed by atoms with E-state index in [0.29, 0.717) is 25.5 Å². The van der Waals surface area contributed by atoms with E-state index in [4.69, 9.17) is 20.8 Å².